The molecule has 51 heavy (non-hydrogen) atoms. The molecule has 6 aromatic rings. The van der Waals surface area contributed by atoms with Crippen LogP contribution in [0.3, 0.4) is 0 Å². The van der Waals surface area contributed by atoms with Crippen LogP contribution in [0.5, 0.6) is 0 Å². The number of amidine groups is 1. The van der Waals surface area contributed by atoms with Gasteiger partial charge in [-0.05, 0) is 62.7 Å². The second-order valence-electron chi connectivity index (χ2n) is 14.1. The Kier molecular flexibility index (Phi) is 8.50. The standard InChI is InChI=1S/C38H42ClN11S/c1-24-18-29-37(42-23-43-38(29)51-24)49-16-12-47(13-17-49)21-34-45-31-6-4-5-7-33(31)50(34)36-26(3)35(40-22-41-36)48-14-10-46(11-15-48)20-32-25(2)28-19-27(39)8-9-30(28)44-32/h4-9,18-19,22-23,26,36,44H,10-17,20-21H2,1-3H3/p+1. The Morgan fingerprint density at radius 3 is 2.43 bits per heavy atom. The molecule has 2 aromatic carbocycles. The summed E-state index contributed by atoms with van der Waals surface area (Å²) in [6.07, 6.45) is 3.41. The lowest BCUT2D eigenvalue weighted by Crippen LogP contribution is -2.55. The highest BCUT2D eigenvalue weighted by molar-refractivity contribution is 7.18. The maximum Gasteiger partial charge on any atom is 0.271 e. The molecule has 2 unspecified atom stereocenters. The van der Waals surface area contributed by atoms with Crippen LogP contribution >= 0.6 is 22.9 Å². The number of hydrogen-bond acceptors (Lipinski definition) is 9. The Morgan fingerprint density at radius 2 is 1.61 bits per heavy atom. The highest BCUT2D eigenvalue weighted by atomic mass is 35.5. The minimum atomic E-state index is -0.0834. The van der Waals surface area contributed by atoms with E-state index in [1.54, 1.807) is 24.0 Å². The lowest BCUT2D eigenvalue weighted by molar-refractivity contribution is -0.709. The molecule has 2 N–H and O–H groups in total. The number of aryl methyl sites for hydroxylation is 2. The molecule has 9 rings (SSSR count). The summed E-state index contributed by atoms with van der Waals surface area (Å²) in [7, 11) is 0. The van der Waals surface area contributed by atoms with Crippen molar-refractivity contribution in [2.75, 3.05) is 57.3 Å². The molecule has 0 aliphatic carbocycles. The molecule has 11 nitrogen and oxygen atoms in total. The fourth-order valence-electron chi connectivity index (χ4n) is 8.19. The zero-order valence-corrected chi connectivity index (χ0v) is 30.9. The third kappa shape index (κ3) is 6.07. The number of benzene rings is 2. The summed E-state index contributed by atoms with van der Waals surface area (Å²) in [6, 6.07) is 16.9. The van der Waals surface area contributed by atoms with Crippen LogP contribution in [-0.4, -0.2) is 99.2 Å². The van der Waals surface area contributed by atoms with Gasteiger partial charge in [0.1, 0.15) is 35.7 Å². The minimum absolute atomic E-state index is 0.0834. The number of piperazine rings is 2. The number of aliphatic imine (C=N–C) groups is 2. The second-order valence-corrected chi connectivity index (χ2v) is 15.8. The molecule has 4 aromatic heterocycles. The van der Waals surface area contributed by atoms with Crippen molar-refractivity contribution < 1.29 is 4.57 Å². The minimum Gasteiger partial charge on any atom is -0.357 e. The monoisotopic (exact) mass is 720 g/mol. The molecule has 2 fully saturated rings. The van der Waals surface area contributed by atoms with E-state index in [-0.39, 0.29) is 12.1 Å². The summed E-state index contributed by atoms with van der Waals surface area (Å²) in [5.74, 6) is 3.48. The van der Waals surface area contributed by atoms with Gasteiger partial charge in [-0.15, -0.1) is 11.3 Å². The van der Waals surface area contributed by atoms with E-state index >= 15 is 0 Å². The van der Waals surface area contributed by atoms with Gasteiger partial charge in [-0.2, -0.15) is 0 Å². The van der Waals surface area contributed by atoms with Crippen LogP contribution in [-0.2, 0) is 13.1 Å². The average molecular weight is 721 g/mol. The van der Waals surface area contributed by atoms with Crippen LogP contribution in [0.1, 0.15) is 35.0 Å². The lowest BCUT2D eigenvalue weighted by atomic mass is 10.0. The van der Waals surface area contributed by atoms with Crippen molar-refractivity contribution in [1.82, 2.24) is 34.6 Å². The lowest BCUT2D eigenvalue weighted by Gasteiger charge is -2.39. The van der Waals surface area contributed by atoms with Crippen LogP contribution in [0.25, 0.3) is 32.2 Å². The number of fused-ring (bicyclic) bond motifs is 3. The summed E-state index contributed by atoms with van der Waals surface area (Å²) >= 11 is 8.03. The highest BCUT2D eigenvalue weighted by Gasteiger charge is 2.37. The normalized spacial score (nSPS) is 20.7. The number of rotatable bonds is 6. The van der Waals surface area contributed by atoms with E-state index in [1.807, 2.05) is 6.07 Å². The maximum atomic E-state index is 6.30. The van der Waals surface area contributed by atoms with Crippen molar-refractivity contribution in [3.05, 3.63) is 81.8 Å². The molecule has 0 saturated carbocycles. The number of H-pyrrole nitrogens is 2. The molecule has 0 amide bonds. The zero-order valence-electron chi connectivity index (χ0n) is 29.3. The molecule has 262 valence electrons. The van der Waals surface area contributed by atoms with Gasteiger partial charge in [0.05, 0.1) is 11.3 Å². The highest BCUT2D eigenvalue weighted by Crippen LogP contribution is 2.31. The van der Waals surface area contributed by atoms with E-state index < -0.39 is 0 Å². The number of thiophene rings is 1. The molecule has 0 spiro atoms. The Hall–Kier alpha value is -4.36. The molecule has 0 bridgehead atoms. The third-order valence-corrected chi connectivity index (χ3v) is 12.1. The molecular formula is C38H43ClN11S+. The van der Waals surface area contributed by atoms with Gasteiger partial charge in [-0.3, -0.25) is 9.80 Å². The number of aromatic nitrogens is 5. The summed E-state index contributed by atoms with van der Waals surface area (Å²) < 4.78 is 2.43. The third-order valence-electron chi connectivity index (χ3n) is 10.9. The summed E-state index contributed by atoms with van der Waals surface area (Å²) in [5.41, 5.74) is 6.02. The molecule has 7 heterocycles. The predicted octanol–water partition coefficient (Wildman–Crippen LogP) is 5.93. The summed E-state index contributed by atoms with van der Waals surface area (Å²) in [6.45, 7) is 15.9. The van der Waals surface area contributed by atoms with Crippen molar-refractivity contribution in [3.8, 4) is 0 Å². The van der Waals surface area contributed by atoms with Gasteiger partial charge < -0.3 is 14.8 Å². The summed E-state index contributed by atoms with van der Waals surface area (Å²) in [4.78, 5) is 38.9. The maximum absolute atomic E-state index is 6.30. The van der Waals surface area contributed by atoms with E-state index in [4.69, 9.17) is 26.6 Å². The largest absolute Gasteiger partial charge is 0.357 e. The number of nitrogens with one attached hydrogen (secondary N) is 2. The zero-order chi connectivity index (χ0) is 34.6. The van der Waals surface area contributed by atoms with Crippen LogP contribution < -0.4 is 9.47 Å². The Morgan fingerprint density at radius 1 is 0.843 bits per heavy atom. The quantitative estimate of drug-likeness (QED) is 0.207. The van der Waals surface area contributed by atoms with Crippen LogP contribution in [0.4, 0.5) is 5.82 Å². The van der Waals surface area contributed by atoms with Gasteiger partial charge in [0.15, 0.2) is 11.0 Å². The number of nitrogens with zero attached hydrogens (tertiary/aromatic N) is 9. The molecule has 0 radical (unpaired) electrons. The number of aromatic amines is 2. The van der Waals surface area contributed by atoms with E-state index in [1.165, 1.54) is 38.2 Å². The van der Waals surface area contributed by atoms with E-state index in [2.05, 4.69) is 102 Å². The first-order valence-corrected chi connectivity index (χ1v) is 19.1. The van der Waals surface area contributed by atoms with Gasteiger partial charge in [0.25, 0.3) is 5.82 Å². The Bertz CT molecular complexity index is 2290. The first-order valence-electron chi connectivity index (χ1n) is 17.9. The fourth-order valence-corrected chi connectivity index (χ4v) is 9.20. The fraction of sp³-hybridized carbons (Fsp3) is 0.395. The van der Waals surface area contributed by atoms with Gasteiger partial charge in [-0.25, -0.2) is 29.5 Å². The average Bonchev–Trinajstić information content (AvgIpc) is 3.80. The number of anilines is 1. The Balaban J connectivity index is 0.887. The van der Waals surface area contributed by atoms with Gasteiger partial charge in [0, 0.05) is 85.4 Å². The van der Waals surface area contributed by atoms with E-state index in [9.17, 15) is 0 Å². The molecule has 2 atom stereocenters. The van der Waals surface area contributed by atoms with Crippen molar-refractivity contribution >= 4 is 73.1 Å². The Labute approximate surface area is 306 Å². The summed E-state index contributed by atoms with van der Waals surface area (Å²) in [5, 5.41) is 3.15. The topological polar surface area (TPSA) is 98.9 Å². The molecule has 3 aliphatic heterocycles. The van der Waals surface area contributed by atoms with E-state index in [0.717, 1.165) is 98.0 Å². The van der Waals surface area contributed by atoms with Crippen molar-refractivity contribution in [3.63, 3.8) is 0 Å². The molecule has 3 aliphatic rings. The van der Waals surface area contributed by atoms with Gasteiger partial charge in [-0.1, -0.05) is 23.7 Å². The smallest absolute Gasteiger partial charge is 0.271 e. The molecule has 13 heteroatoms. The first kappa shape index (κ1) is 32.5. The number of imidazole rings is 1. The number of halogens is 1. The van der Waals surface area contributed by atoms with Crippen LogP contribution in [0.15, 0.2) is 64.8 Å². The van der Waals surface area contributed by atoms with Crippen molar-refractivity contribution in [2.45, 2.75) is 40.0 Å². The molecule has 2 saturated heterocycles. The van der Waals surface area contributed by atoms with Gasteiger partial charge >= 0.3 is 0 Å². The van der Waals surface area contributed by atoms with E-state index in [0.29, 0.717) is 0 Å². The second kappa shape index (κ2) is 13.3. The predicted molar refractivity (Wildman–Crippen MR) is 207 cm³/mol. The SMILES string of the molecule is Cc1cc2c(N3CCN(Cc4[nH]c5ccccc5[n+]4C4N=CN=C(N5CCN(Cc6[nH]c7ccc(Cl)cc7c6C)CC5)C4C)CC3)ncnc2s1. The van der Waals surface area contributed by atoms with Crippen molar-refractivity contribution in [1.29, 1.82) is 0 Å². The molecular weight excluding hydrogens is 678 g/mol. The van der Waals surface area contributed by atoms with Gasteiger partial charge in [0.2, 0.25) is 6.17 Å². The number of para-hydroxylation sites is 2. The van der Waals surface area contributed by atoms with Crippen LogP contribution in [0, 0.1) is 19.8 Å². The first-order chi connectivity index (χ1) is 24.9. The van der Waals surface area contributed by atoms with Crippen molar-refractivity contribution in [2.24, 2.45) is 15.9 Å². The number of hydrogen-bond donors (Lipinski definition) is 2. The van der Waals surface area contributed by atoms with Crippen LogP contribution in [0.2, 0.25) is 5.02 Å².